The molecule has 14 nitrogen and oxygen atoms in total. The highest BCUT2D eigenvalue weighted by molar-refractivity contribution is 7.89. The summed E-state index contributed by atoms with van der Waals surface area (Å²) in [5.74, 6) is -3.40. The predicted octanol–water partition coefficient (Wildman–Crippen LogP) is 1.15. The standard InChI is InChI=1S/C20H30N4O6S.C2H2O4/c1-16(2)13-22(9-5-8-21)14-17(25)15-30-20-7-6-18(12-19(20)24(26)27)31(28,29)23-10-3-4-11-23;3-1(4)2(5)6/h6-7,12,16-17,25H,3-5,9-11,13-15H2,1-2H3;(H,3,4)(H,5,6). The third kappa shape index (κ3) is 10.7. The third-order valence-corrected chi connectivity index (χ3v) is 6.97. The number of benzene rings is 1. The van der Waals surface area contributed by atoms with Gasteiger partial charge in [0.15, 0.2) is 5.75 Å². The fraction of sp³-hybridized carbons (Fsp3) is 0.591. The molecule has 0 amide bonds. The molecule has 1 aromatic rings. The van der Waals surface area contributed by atoms with Crippen molar-refractivity contribution in [1.82, 2.24) is 9.21 Å². The van der Waals surface area contributed by atoms with Gasteiger partial charge in [-0.15, -0.1) is 0 Å². The minimum Gasteiger partial charge on any atom is -0.484 e. The predicted molar refractivity (Wildman–Crippen MR) is 129 cm³/mol. The Morgan fingerprint density at radius 3 is 2.30 bits per heavy atom. The Morgan fingerprint density at radius 2 is 1.81 bits per heavy atom. The monoisotopic (exact) mass is 544 g/mol. The molecular formula is C22H32N4O10S. The number of hydrogen-bond acceptors (Lipinski definition) is 10. The zero-order valence-electron chi connectivity index (χ0n) is 20.6. The molecule has 1 saturated heterocycles. The van der Waals surface area contributed by atoms with E-state index in [2.05, 4.69) is 6.07 Å². The van der Waals surface area contributed by atoms with Gasteiger partial charge in [0.2, 0.25) is 10.0 Å². The summed E-state index contributed by atoms with van der Waals surface area (Å²) in [6.45, 7) is 6.14. The zero-order valence-corrected chi connectivity index (χ0v) is 21.5. The number of carboxylic acids is 2. The first kappa shape index (κ1) is 31.7. The average Bonchev–Trinajstić information content (AvgIpc) is 3.37. The quantitative estimate of drug-likeness (QED) is 0.192. The molecule has 1 aliphatic rings. The van der Waals surface area contributed by atoms with Gasteiger partial charge in [-0.1, -0.05) is 13.8 Å². The second kappa shape index (κ2) is 15.1. The van der Waals surface area contributed by atoms with Crippen LogP contribution in [0, 0.1) is 27.4 Å². The maximum Gasteiger partial charge on any atom is 0.414 e. The Morgan fingerprint density at radius 1 is 1.22 bits per heavy atom. The lowest BCUT2D eigenvalue weighted by Gasteiger charge is -2.25. The van der Waals surface area contributed by atoms with Crippen LogP contribution < -0.4 is 4.74 Å². The number of sulfonamides is 1. The number of aliphatic carboxylic acids is 2. The number of carboxylic acid groups (broad SMARTS) is 2. The maximum absolute atomic E-state index is 12.7. The molecule has 0 aliphatic carbocycles. The number of nitro benzene ring substituents is 1. The Hall–Kier alpha value is -3.32. The van der Waals surface area contributed by atoms with E-state index in [0.29, 0.717) is 38.5 Å². The summed E-state index contributed by atoms with van der Waals surface area (Å²) in [6.07, 6.45) is 0.939. The normalized spacial score (nSPS) is 14.5. The summed E-state index contributed by atoms with van der Waals surface area (Å²) in [6, 6.07) is 5.64. The summed E-state index contributed by atoms with van der Waals surface area (Å²) < 4.78 is 32.1. The number of rotatable bonds is 12. The molecular weight excluding hydrogens is 512 g/mol. The summed E-state index contributed by atoms with van der Waals surface area (Å²) in [4.78, 5) is 30.8. The van der Waals surface area contributed by atoms with Gasteiger partial charge < -0.3 is 20.1 Å². The first-order chi connectivity index (χ1) is 17.3. The molecule has 0 bridgehead atoms. The Kier molecular flexibility index (Phi) is 12.9. The third-order valence-electron chi connectivity index (χ3n) is 5.08. The van der Waals surface area contributed by atoms with Crippen LogP contribution in [0.25, 0.3) is 0 Å². The minimum atomic E-state index is -3.79. The van der Waals surface area contributed by atoms with E-state index < -0.39 is 38.7 Å². The molecule has 15 heteroatoms. The largest absolute Gasteiger partial charge is 0.484 e. The molecule has 0 spiro atoms. The highest BCUT2D eigenvalue weighted by atomic mass is 32.2. The lowest BCUT2D eigenvalue weighted by atomic mass is 10.2. The van der Waals surface area contributed by atoms with E-state index in [9.17, 15) is 23.6 Å². The number of aliphatic hydroxyl groups is 1. The molecule has 2 rings (SSSR count). The van der Waals surface area contributed by atoms with E-state index in [-0.39, 0.29) is 23.8 Å². The molecule has 1 atom stereocenters. The van der Waals surface area contributed by atoms with Gasteiger partial charge in [-0.25, -0.2) is 18.0 Å². The molecule has 1 aromatic carbocycles. The molecule has 0 aromatic heterocycles. The first-order valence-corrected chi connectivity index (χ1v) is 12.9. The summed E-state index contributed by atoms with van der Waals surface area (Å²) in [7, 11) is -3.79. The van der Waals surface area contributed by atoms with Crippen molar-refractivity contribution >= 4 is 27.6 Å². The number of nitrogens with zero attached hydrogens (tertiary/aromatic N) is 4. The summed E-state index contributed by atoms with van der Waals surface area (Å²) >= 11 is 0. The summed E-state index contributed by atoms with van der Waals surface area (Å²) in [5, 5.41) is 45.4. The topological polar surface area (TPSA) is 212 Å². The average molecular weight is 545 g/mol. The smallest absolute Gasteiger partial charge is 0.414 e. The van der Waals surface area contributed by atoms with Crippen molar-refractivity contribution in [2.75, 3.05) is 39.3 Å². The molecule has 206 valence electrons. The highest BCUT2D eigenvalue weighted by Crippen LogP contribution is 2.32. The van der Waals surface area contributed by atoms with Crippen molar-refractivity contribution in [2.45, 2.75) is 44.1 Å². The highest BCUT2D eigenvalue weighted by Gasteiger charge is 2.30. The van der Waals surface area contributed by atoms with Gasteiger partial charge >= 0.3 is 17.6 Å². The number of ether oxygens (including phenoxy) is 1. The van der Waals surface area contributed by atoms with Gasteiger partial charge in [0, 0.05) is 45.2 Å². The zero-order chi connectivity index (χ0) is 28.2. The second-order valence-corrected chi connectivity index (χ2v) is 10.6. The van der Waals surface area contributed by atoms with Gasteiger partial charge in [-0.05, 0) is 30.9 Å². The van der Waals surface area contributed by atoms with E-state index >= 15 is 0 Å². The Bertz CT molecular complexity index is 1070. The van der Waals surface area contributed by atoms with Gasteiger partial charge in [-0.3, -0.25) is 15.0 Å². The number of nitro groups is 1. The molecule has 1 fully saturated rings. The molecule has 3 N–H and O–H groups in total. The van der Waals surface area contributed by atoms with Crippen LogP contribution >= 0.6 is 0 Å². The molecule has 1 unspecified atom stereocenters. The first-order valence-electron chi connectivity index (χ1n) is 11.4. The van der Waals surface area contributed by atoms with E-state index in [1.807, 2.05) is 18.7 Å². The van der Waals surface area contributed by atoms with Crippen LogP contribution in [0.4, 0.5) is 5.69 Å². The lowest BCUT2D eigenvalue weighted by Crippen LogP contribution is -2.38. The molecule has 0 radical (unpaired) electrons. The van der Waals surface area contributed by atoms with Crippen molar-refractivity contribution in [3.63, 3.8) is 0 Å². The summed E-state index contributed by atoms with van der Waals surface area (Å²) in [5.41, 5.74) is -0.462. The number of carbonyl (C=O) groups is 2. The van der Waals surface area contributed by atoms with Crippen molar-refractivity contribution in [3.05, 3.63) is 28.3 Å². The maximum atomic E-state index is 12.7. The minimum absolute atomic E-state index is 0.100. The number of hydrogen-bond donors (Lipinski definition) is 3. The molecule has 37 heavy (non-hydrogen) atoms. The molecule has 0 saturated carbocycles. The van der Waals surface area contributed by atoms with Crippen molar-refractivity contribution in [1.29, 1.82) is 5.26 Å². The Balaban J connectivity index is 0.00000102. The van der Waals surface area contributed by atoms with Crippen LogP contribution in [0.1, 0.15) is 33.1 Å². The van der Waals surface area contributed by atoms with Gasteiger partial charge in [0.1, 0.15) is 12.7 Å². The fourth-order valence-corrected chi connectivity index (χ4v) is 5.06. The van der Waals surface area contributed by atoms with Crippen molar-refractivity contribution in [2.24, 2.45) is 5.92 Å². The lowest BCUT2D eigenvalue weighted by molar-refractivity contribution is -0.386. The molecule has 1 aliphatic heterocycles. The van der Waals surface area contributed by atoms with E-state index in [1.54, 1.807) is 0 Å². The van der Waals surface area contributed by atoms with Crippen LogP contribution in [0.5, 0.6) is 5.75 Å². The Labute approximate surface area is 214 Å². The van der Waals surface area contributed by atoms with E-state index in [1.165, 1.54) is 16.4 Å². The van der Waals surface area contributed by atoms with Crippen LogP contribution in [0.3, 0.4) is 0 Å². The number of aliphatic hydroxyl groups excluding tert-OH is 1. The van der Waals surface area contributed by atoms with Crippen LogP contribution in [-0.4, -0.2) is 95.2 Å². The van der Waals surface area contributed by atoms with Gasteiger partial charge in [-0.2, -0.15) is 9.57 Å². The van der Waals surface area contributed by atoms with Crippen molar-refractivity contribution < 1.29 is 43.0 Å². The SMILES string of the molecule is CC(C)CN(CCC#N)CC(O)COc1ccc(S(=O)(=O)N2CCCC2)cc1[N+](=O)[O-].O=C(O)C(=O)O. The van der Waals surface area contributed by atoms with Crippen LogP contribution in [0.2, 0.25) is 0 Å². The van der Waals surface area contributed by atoms with Crippen LogP contribution in [0.15, 0.2) is 23.1 Å². The van der Waals surface area contributed by atoms with Crippen molar-refractivity contribution in [3.8, 4) is 11.8 Å². The van der Waals surface area contributed by atoms with E-state index in [4.69, 9.17) is 29.8 Å². The molecule has 1 heterocycles. The number of nitriles is 1. The van der Waals surface area contributed by atoms with Crippen LogP contribution in [-0.2, 0) is 19.6 Å². The van der Waals surface area contributed by atoms with Gasteiger partial charge in [0.05, 0.1) is 15.9 Å². The second-order valence-electron chi connectivity index (χ2n) is 8.63. The van der Waals surface area contributed by atoms with E-state index in [0.717, 1.165) is 18.9 Å². The van der Waals surface area contributed by atoms with Gasteiger partial charge in [0.25, 0.3) is 0 Å². The fourth-order valence-electron chi connectivity index (χ4n) is 3.52.